The quantitative estimate of drug-likeness (QED) is 0.0904. The summed E-state index contributed by atoms with van der Waals surface area (Å²) < 4.78 is 11.7. The van der Waals surface area contributed by atoms with Gasteiger partial charge in [-0.3, -0.25) is 9.97 Å². The molecule has 0 amide bonds. The summed E-state index contributed by atoms with van der Waals surface area (Å²) in [5.41, 5.74) is 24.1. The first-order chi connectivity index (χ1) is 39.7. The van der Waals surface area contributed by atoms with Crippen LogP contribution >= 0.6 is 0 Å². The molecule has 440 valence electrons. The van der Waals surface area contributed by atoms with E-state index in [1.54, 1.807) is 0 Å². The maximum atomic E-state index is 6.88. The number of aromatic nitrogens is 4. The van der Waals surface area contributed by atoms with Gasteiger partial charge in [0.1, 0.15) is 0 Å². The first kappa shape index (κ1) is 61.3. The van der Waals surface area contributed by atoms with Crippen molar-refractivity contribution in [3.05, 3.63) is 202 Å². The van der Waals surface area contributed by atoms with Crippen LogP contribution in [0.4, 0.5) is 0 Å². The van der Waals surface area contributed by atoms with Gasteiger partial charge in [0.15, 0.2) is 0 Å². The van der Waals surface area contributed by atoms with Crippen molar-refractivity contribution in [3.8, 4) is 67.9 Å². The third-order valence-electron chi connectivity index (χ3n) is 18.0. The molecule has 0 radical (unpaired) electrons. The van der Waals surface area contributed by atoms with Crippen molar-refractivity contribution in [1.82, 2.24) is 19.1 Å². The number of nitrogens with zero attached hydrogens (tertiary/aromatic N) is 4. The molecule has 5 nitrogen and oxygen atoms in total. The van der Waals surface area contributed by atoms with Gasteiger partial charge in [-0.1, -0.05) is 204 Å². The van der Waals surface area contributed by atoms with Crippen molar-refractivity contribution in [2.75, 3.05) is 0 Å². The summed E-state index contributed by atoms with van der Waals surface area (Å²) in [4.78, 5) is 10.9. The third-order valence-corrected chi connectivity index (χ3v) is 18.0. The molecule has 0 fully saturated rings. The van der Waals surface area contributed by atoms with Crippen LogP contribution in [0.25, 0.3) is 78.5 Å². The van der Waals surface area contributed by atoms with Gasteiger partial charge in [-0.15, -0.1) is 47.5 Å². The smallest absolute Gasteiger partial charge is 0.497 e. The van der Waals surface area contributed by atoms with Crippen molar-refractivity contribution in [1.29, 1.82) is 0 Å². The van der Waals surface area contributed by atoms with E-state index in [4.69, 9.17) is 14.7 Å². The molecule has 11 rings (SSSR count). The van der Waals surface area contributed by atoms with Crippen molar-refractivity contribution < 1.29 is 25.8 Å². The summed E-state index contributed by atoms with van der Waals surface area (Å²) in [5.74, 6) is 3.68. The topological polar surface area (TPSA) is 44.9 Å². The van der Waals surface area contributed by atoms with Crippen molar-refractivity contribution in [2.45, 2.75) is 189 Å². The fraction of sp³-hybridized carbons (Fsp3) is 0.367. The normalized spacial score (nSPS) is 14.4. The Morgan fingerprint density at radius 2 is 0.824 bits per heavy atom. The van der Waals surface area contributed by atoms with Gasteiger partial charge in [0, 0.05) is 22.9 Å². The van der Waals surface area contributed by atoms with E-state index in [0.29, 0.717) is 11.5 Å². The number of rotatable bonds is 12. The molecule has 0 saturated carbocycles. The van der Waals surface area contributed by atoms with Crippen molar-refractivity contribution >= 4 is 22.1 Å². The minimum atomic E-state index is -0.00118. The molecule has 0 bridgehead atoms. The van der Waals surface area contributed by atoms with E-state index in [9.17, 15) is 0 Å². The molecule has 0 unspecified atom stereocenters. The fourth-order valence-corrected chi connectivity index (χ4v) is 13.0. The summed E-state index contributed by atoms with van der Waals surface area (Å²) in [7, 11) is 0. The van der Waals surface area contributed by atoms with E-state index in [2.05, 4.69) is 279 Å². The van der Waals surface area contributed by atoms with Crippen molar-refractivity contribution in [2.24, 2.45) is 0 Å². The second kappa shape index (κ2) is 23.1. The molecule has 2 heterocycles. The van der Waals surface area contributed by atoms with Gasteiger partial charge in [0.05, 0.1) is 33.7 Å². The van der Waals surface area contributed by atoms with Gasteiger partial charge in [0.2, 0.25) is 0 Å². The van der Waals surface area contributed by atoms with Crippen molar-refractivity contribution in [3.63, 3.8) is 0 Å². The average molecular weight is 1300 g/mol. The van der Waals surface area contributed by atoms with E-state index >= 15 is 0 Å². The monoisotopic (exact) mass is 1300 g/mol. The first-order valence-electron chi connectivity index (χ1n) is 31.0. The van der Waals surface area contributed by atoms with E-state index in [1.165, 1.54) is 97.4 Å². The van der Waals surface area contributed by atoms with Gasteiger partial charge in [-0.25, -0.2) is 0 Å². The minimum Gasteiger partial charge on any atom is -0.497 e. The zero-order valence-corrected chi connectivity index (χ0v) is 56.1. The first-order valence-corrected chi connectivity index (χ1v) is 31.0. The van der Waals surface area contributed by atoms with Crippen LogP contribution in [0.2, 0.25) is 0 Å². The molecule has 1 aliphatic rings. The third kappa shape index (κ3) is 11.8. The molecular formula is C79H88N4OPt. The molecule has 0 atom stereocenters. The number of hydrogen-bond acceptors (Lipinski definition) is 3. The number of ether oxygens (including phenoxy) is 1. The standard InChI is InChI=1S/C79H88N4O.Pt/c1-48(2)62-42-56(52-34-35-66-67(46-52)79(17,18)37-25-36-78(66,15)16)43-63(49(3)4)72(62)82-70-32-21-19-30-68(70)80-74(82)53-26-23-28-60(40-53)84-61-29-24-27-54(41-61)75-81-69-31-20-22-33-71(69)83(75)73-64(50(5)6)44-57(45-65(73)51(7)8)55-38-58(76(9,10)11)47-59(39-55)77(12,13)14;/h19-24,26-35,38-39,42-51H,25,36-37H2,1-18H3;/q-2;+2. The maximum absolute atomic E-state index is 6.88. The zero-order chi connectivity index (χ0) is 59.9. The molecule has 10 aromatic rings. The van der Waals surface area contributed by atoms with Gasteiger partial charge in [0.25, 0.3) is 0 Å². The largest absolute Gasteiger partial charge is 2.00 e. The van der Waals surface area contributed by atoms with E-state index in [1.807, 2.05) is 12.1 Å². The van der Waals surface area contributed by atoms with E-state index in [0.717, 1.165) is 44.8 Å². The molecular weight excluding hydrogens is 1220 g/mol. The van der Waals surface area contributed by atoms with Crippen LogP contribution in [0.1, 0.15) is 212 Å². The number of hydrogen-bond donors (Lipinski definition) is 0. The molecule has 2 aromatic heterocycles. The van der Waals surface area contributed by atoms with Gasteiger partial charge in [-0.2, -0.15) is 0 Å². The molecule has 85 heavy (non-hydrogen) atoms. The summed E-state index contributed by atoms with van der Waals surface area (Å²) in [5, 5.41) is 0. The van der Waals surface area contributed by atoms with Crippen LogP contribution in [0, 0.1) is 12.1 Å². The predicted octanol–water partition coefficient (Wildman–Crippen LogP) is 22.3. The second-order valence-electron chi connectivity index (χ2n) is 28.8. The van der Waals surface area contributed by atoms with Crippen LogP contribution in [0.15, 0.2) is 146 Å². The van der Waals surface area contributed by atoms with Crippen LogP contribution in [0.5, 0.6) is 11.5 Å². The number of imidazole rings is 2. The fourth-order valence-electron chi connectivity index (χ4n) is 13.0. The molecule has 0 saturated heterocycles. The van der Waals surface area contributed by atoms with Crippen LogP contribution in [-0.2, 0) is 42.7 Å². The number of benzene rings is 8. The summed E-state index contributed by atoms with van der Waals surface area (Å²) >= 11 is 0. The molecule has 8 aromatic carbocycles. The van der Waals surface area contributed by atoms with E-state index < -0.39 is 0 Å². The van der Waals surface area contributed by atoms with Gasteiger partial charge in [-0.05, 0) is 173 Å². The Balaban J connectivity index is 0.00000803. The zero-order valence-electron chi connectivity index (χ0n) is 53.8. The Hall–Kier alpha value is -6.81. The van der Waals surface area contributed by atoms with Crippen LogP contribution in [0.3, 0.4) is 0 Å². The Morgan fingerprint density at radius 3 is 1.24 bits per heavy atom. The molecule has 1 aliphatic carbocycles. The summed E-state index contributed by atoms with van der Waals surface area (Å²) in [6.45, 7) is 42.2. The number of para-hydroxylation sites is 4. The molecule has 0 spiro atoms. The Morgan fingerprint density at radius 1 is 0.435 bits per heavy atom. The summed E-state index contributed by atoms with van der Waals surface area (Å²) in [6.07, 6.45) is 3.64. The molecule has 0 aliphatic heterocycles. The maximum Gasteiger partial charge on any atom is 2.00 e. The van der Waals surface area contributed by atoms with Crippen LogP contribution in [-0.4, -0.2) is 19.1 Å². The Bertz CT molecular complexity index is 4040. The van der Waals surface area contributed by atoms with E-state index in [-0.39, 0.29) is 66.4 Å². The van der Waals surface area contributed by atoms with Gasteiger partial charge >= 0.3 is 21.1 Å². The molecule has 0 N–H and O–H groups in total. The minimum absolute atomic E-state index is 0. The van der Waals surface area contributed by atoms with Crippen LogP contribution < -0.4 is 4.74 Å². The Labute approximate surface area is 523 Å². The van der Waals surface area contributed by atoms with Gasteiger partial charge < -0.3 is 13.9 Å². The SMILES string of the molecule is CC(C)c1cc(-c2cc(C(C)(C)C)cc(C(C)(C)C)c2)cc(C(C)C)c1-n1c(-c2[c-]c(Oc3[c-]c(-c4nc5ccccc5n4-c4c(C(C)C)cc(-c5ccc6c(c5)C(C)(C)CCCC6(C)C)cc4C(C)C)ccc3)ccc2)nc2ccccc21.[Pt+2]. The second-order valence-corrected chi connectivity index (χ2v) is 28.8. The Kier molecular flexibility index (Phi) is 16.7. The molecule has 6 heteroatoms. The number of fused-ring (bicyclic) bond motifs is 3. The summed E-state index contributed by atoms with van der Waals surface area (Å²) in [6, 6.07) is 61.2. The average Bonchev–Trinajstić information content (AvgIpc) is 2.48. The predicted molar refractivity (Wildman–Crippen MR) is 355 cm³/mol.